The Balaban J connectivity index is 2.40. The van der Waals surface area contributed by atoms with E-state index in [2.05, 4.69) is 0 Å². The number of fused-ring (bicyclic) bond motifs is 1. The number of methoxy groups -OCH3 is 2. The first-order valence-electron chi connectivity index (χ1n) is 8.35. The van der Waals surface area contributed by atoms with Crippen molar-refractivity contribution in [3.05, 3.63) is 74.5 Å². The highest BCUT2D eigenvalue weighted by Gasteiger charge is 2.36. The van der Waals surface area contributed by atoms with E-state index in [4.69, 9.17) is 9.47 Å². The quantitative estimate of drug-likeness (QED) is 0.638. The highest BCUT2D eigenvalue weighted by Crippen LogP contribution is 2.44. The van der Waals surface area contributed by atoms with E-state index in [1.54, 1.807) is 37.3 Å². The van der Waals surface area contributed by atoms with Crippen molar-refractivity contribution in [2.75, 3.05) is 14.2 Å². The predicted octanol–water partition coefficient (Wildman–Crippen LogP) is 3.63. The third-order valence-electron chi connectivity index (χ3n) is 4.75. The van der Waals surface area contributed by atoms with Crippen molar-refractivity contribution in [1.29, 1.82) is 0 Å². The van der Waals surface area contributed by atoms with Gasteiger partial charge >= 0.3 is 5.97 Å². The molecule has 0 bridgehead atoms. The summed E-state index contributed by atoms with van der Waals surface area (Å²) in [5.41, 5.74) is 2.08. The number of ether oxygens (including phenoxy) is 2. The number of allylic oxidation sites excluding steroid dienone is 1. The molecule has 2 aromatic carbocycles. The van der Waals surface area contributed by atoms with Gasteiger partial charge in [-0.2, -0.15) is 0 Å². The second-order valence-corrected chi connectivity index (χ2v) is 6.34. The number of hydrogen-bond acceptors (Lipinski definition) is 5. The molecule has 140 valence electrons. The standard InChI is InChI=1S/C20H19NO6/c1-11-8-12-9-16(26-2)17(27-3)10-15(12)18(19(11)21(24)25)13-6-4-5-7-14(13)20(22)23/h4-7,9-11H,8H2,1-3H3,(H,22,23). The Morgan fingerprint density at radius 2 is 1.78 bits per heavy atom. The van der Waals surface area contributed by atoms with Crippen molar-refractivity contribution in [3.8, 4) is 11.5 Å². The van der Waals surface area contributed by atoms with Gasteiger partial charge in [0.1, 0.15) is 0 Å². The Bertz CT molecular complexity index is 963. The van der Waals surface area contributed by atoms with Gasteiger partial charge in [0.15, 0.2) is 11.5 Å². The molecule has 1 N–H and O–H groups in total. The van der Waals surface area contributed by atoms with Crippen LogP contribution >= 0.6 is 0 Å². The maximum absolute atomic E-state index is 11.9. The monoisotopic (exact) mass is 369 g/mol. The van der Waals surface area contributed by atoms with Crippen LogP contribution in [0, 0.1) is 16.0 Å². The molecule has 0 saturated carbocycles. The third-order valence-corrected chi connectivity index (χ3v) is 4.75. The van der Waals surface area contributed by atoms with E-state index >= 15 is 0 Å². The summed E-state index contributed by atoms with van der Waals surface area (Å²) in [5.74, 6) is -0.568. The van der Waals surface area contributed by atoms with Gasteiger partial charge in [-0.25, -0.2) is 4.79 Å². The lowest BCUT2D eigenvalue weighted by atomic mass is 9.79. The molecule has 7 nitrogen and oxygen atoms in total. The number of carboxylic acid groups (broad SMARTS) is 1. The summed E-state index contributed by atoms with van der Waals surface area (Å²) in [6, 6.07) is 9.79. The first-order valence-corrected chi connectivity index (χ1v) is 8.35. The summed E-state index contributed by atoms with van der Waals surface area (Å²) < 4.78 is 10.7. The summed E-state index contributed by atoms with van der Waals surface area (Å²) in [6.07, 6.45) is 0.449. The van der Waals surface area contributed by atoms with Crippen LogP contribution < -0.4 is 9.47 Å². The van der Waals surface area contributed by atoms with Crippen LogP contribution in [0.25, 0.3) is 5.57 Å². The van der Waals surface area contributed by atoms with Crippen molar-refractivity contribution in [2.45, 2.75) is 13.3 Å². The molecule has 0 spiro atoms. The van der Waals surface area contributed by atoms with Crippen molar-refractivity contribution in [1.82, 2.24) is 0 Å². The minimum absolute atomic E-state index is 0.00317. The Hall–Kier alpha value is -3.35. The predicted molar refractivity (Wildman–Crippen MR) is 98.8 cm³/mol. The Labute approximate surface area is 156 Å². The fourth-order valence-electron chi connectivity index (χ4n) is 3.58. The summed E-state index contributed by atoms with van der Waals surface area (Å²) in [7, 11) is 3.01. The molecule has 1 unspecified atom stereocenters. The van der Waals surface area contributed by atoms with Crippen LogP contribution in [0.1, 0.15) is 34.0 Å². The van der Waals surface area contributed by atoms with E-state index in [0.29, 0.717) is 34.6 Å². The van der Waals surface area contributed by atoms with Crippen molar-refractivity contribution in [3.63, 3.8) is 0 Å². The molecule has 0 fully saturated rings. The smallest absolute Gasteiger partial charge is 0.336 e. The Morgan fingerprint density at radius 3 is 2.37 bits per heavy atom. The first-order chi connectivity index (χ1) is 12.9. The summed E-state index contributed by atoms with van der Waals surface area (Å²) in [4.78, 5) is 23.2. The van der Waals surface area contributed by atoms with E-state index in [-0.39, 0.29) is 17.2 Å². The highest BCUT2D eigenvalue weighted by molar-refractivity contribution is 5.98. The zero-order valence-corrected chi connectivity index (χ0v) is 15.2. The SMILES string of the molecule is COc1cc2c(cc1OC)C(c1ccccc1C(=O)O)=C([N+](=O)[O-])C(C)C2. The molecule has 7 heteroatoms. The number of benzene rings is 2. The van der Waals surface area contributed by atoms with E-state index < -0.39 is 10.9 Å². The number of rotatable bonds is 5. The molecule has 1 atom stereocenters. The summed E-state index contributed by atoms with van der Waals surface area (Å²) >= 11 is 0. The average Bonchev–Trinajstić information content (AvgIpc) is 2.65. The molecule has 2 aromatic rings. The zero-order valence-electron chi connectivity index (χ0n) is 15.2. The van der Waals surface area contributed by atoms with Crippen LogP contribution in [0.15, 0.2) is 42.1 Å². The molecule has 0 aliphatic heterocycles. The fraction of sp³-hybridized carbons (Fsp3) is 0.250. The molecule has 0 aromatic heterocycles. The number of carboxylic acids is 1. The minimum atomic E-state index is -1.14. The summed E-state index contributed by atoms with van der Waals surface area (Å²) in [6.45, 7) is 1.77. The largest absolute Gasteiger partial charge is 0.493 e. The van der Waals surface area contributed by atoms with Crippen LogP contribution in [0.2, 0.25) is 0 Å². The molecular weight excluding hydrogens is 350 g/mol. The molecular formula is C20H19NO6. The minimum Gasteiger partial charge on any atom is -0.493 e. The van der Waals surface area contributed by atoms with Gasteiger partial charge in [0.25, 0.3) is 5.70 Å². The fourth-order valence-corrected chi connectivity index (χ4v) is 3.58. The first kappa shape index (κ1) is 18.4. The Morgan fingerprint density at radius 1 is 1.15 bits per heavy atom. The average molecular weight is 369 g/mol. The molecule has 0 heterocycles. The normalized spacial score (nSPS) is 15.9. The van der Waals surface area contributed by atoms with E-state index in [0.717, 1.165) is 5.56 Å². The van der Waals surface area contributed by atoms with Crippen molar-refractivity contribution in [2.24, 2.45) is 5.92 Å². The highest BCUT2D eigenvalue weighted by atomic mass is 16.6. The second kappa shape index (κ2) is 7.11. The van der Waals surface area contributed by atoms with Crippen molar-refractivity contribution >= 4 is 11.5 Å². The molecule has 0 amide bonds. The van der Waals surface area contributed by atoms with E-state index in [1.807, 2.05) is 0 Å². The second-order valence-electron chi connectivity index (χ2n) is 6.34. The number of aromatic carboxylic acids is 1. The van der Waals surface area contributed by atoms with Gasteiger partial charge in [-0.1, -0.05) is 25.1 Å². The lowest BCUT2D eigenvalue weighted by Gasteiger charge is -2.25. The van der Waals surface area contributed by atoms with Crippen LogP contribution in [-0.2, 0) is 6.42 Å². The summed E-state index contributed by atoms with van der Waals surface area (Å²) in [5, 5.41) is 21.4. The van der Waals surface area contributed by atoms with Crippen LogP contribution in [0.5, 0.6) is 11.5 Å². The molecule has 27 heavy (non-hydrogen) atoms. The van der Waals surface area contributed by atoms with Gasteiger partial charge in [0.05, 0.1) is 36.2 Å². The lowest BCUT2D eigenvalue weighted by molar-refractivity contribution is -0.432. The van der Waals surface area contributed by atoms with Crippen LogP contribution in [-0.4, -0.2) is 30.2 Å². The maximum Gasteiger partial charge on any atom is 0.336 e. The van der Waals surface area contributed by atoms with Gasteiger partial charge in [0, 0.05) is 5.56 Å². The zero-order chi connectivity index (χ0) is 19.7. The molecule has 1 aliphatic rings. The van der Waals surface area contributed by atoms with E-state index in [9.17, 15) is 20.0 Å². The number of hydrogen-bond donors (Lipinski definition) is 1. The van der Waals surface area contributed by atoms with Gasteiger partial charge in [-0.05, 0) is 35.7 Å². The van der Waals surface area contributed by atoms with E-state index in [1.165, 1.54) is 20.3 Å². The maximum atomic E-state index is 11.9. The number of nitrogens with zero attached hydrogens (tertiary/aromatic N) is 1. The lowest BCUT2D eigenvalue weighted by Crippen LogP contribution is -2.21. The molecule has 0 radical (unpaired) electrons. The Kier molecular flexibility index (Phi) is 4.85. The van der Waals surface area contributed by atoms with Gasteiger partial charge in [0.2, 0.25) is 0 Å². The molecule has 1 aliphatic carbocycles. The van der Waals surface area contributed by atoms with Crippen LogP contribution in [0.4, 0.5) is 0 Å². The van der Waals surface area contributed by atoms with Gasteiger partial charge in [-0.15, -0.1) is 0 Å². The number of nitro groups is 1. The molecule has 0 saturated heterocycles. The van der Waals surface area contributed by atoms with Gasteiger partial charge < -0.3 is 14.6 Å². The third kappa shape index (κ3) is 3.12. The topological polar surface area (TPSA) is 98.9 Å². The van der Waals surface area contributed by atoms with Crippen LogP contribution in [0.3, 0.4) is 0 Å². The molecule has 3 rings (SSSR count). The van der Waals surface area contributed by atoms with Crippen molar-refractivity contribution < 1.29 is 24.3 Å². The van der Waals surface area contributed by atoms with Gasteiger partial charge in [-0.3, -0.25) is 10.1 Å². The number of carbonyl (C=O) groups is 1.